The Morgan fingerprint density at radius 1 is 0.879 bits per heavy atom. The molecule has 0 spiro atoms. The van der Waals surface area contributed by atoms with Crippen LogP contribution in [0.1, 0.15) is 11.1 Å². The van der Waals surface area contributed by atoms with Crippen molar-refractivity contribution in [1.82, 2.24) is 14.5 Å². The van der Waals surface area contributed by atoms with Crippen LogP contribution in [-0.2, 0) is 24.4 Å². The summed E-state index contributed by atoms with van der Waals surface area (Å²) in [6.45, 7) is 0.843. The van der Waals surface area contributed by atoms with Crippen molar-refractivity contribution in [2.75, 3.05) is 7.11 Å². The van der Waals surface area contributed by atoms with Gasteiger partial charge in [0.25, 0.3) is 5.56 Å². The van der Waals surface area contributed by atoms with Crippen molar-refractivity contribution < 1.29 is 9.53 Å². The number of carbonyl (C=O) groups is 1. The van der Waals surface area contributed by atoms with E-state index in [0.717, 1.165) is 22.4 Å². The van der Waals surface area contributed by atoms with E-state index in [1.54, 1.807) is 12.0 Å². The molecule has 0 N–H and O–H groups in total. The van der Waals surface area contributed by atoms with Crippen LogP contribution in [0.4, 0.5) is 0 Å². The molecule has 6 nitrogen and oxygen atoms in total. The van der Waals surface area contributed by atoms with Crippen LogP contribution in [-0.4, -0.2) is 27.5 Å². The molecule has 0 saturated heterocycles. The lowest BCUT2D eigenvalue weighted by Crippen LogP contribution is -2.35. The molecule has 33 heavy (non-hydrogen) atoms. The van der Waals surface area contributed by atoms with E-state index in [1.807, 2.05) is 84.9 Å². The molecule has 166 valence electrons. The van der Waals surface area contributed by atoms with Gasteiger partial charge in [-0.15, -0.1) is 0 Å². The van der Waals surface area contributed by atoms with E-state index >= 15 is 0 Å². The summed E-state index contributed by atoms with van der Waals surface area (Å²) in [4.78, 5) is 32.1. The summed E-state index contributed by atoms with van der Waals surface area (Å²) in [5.74, 6) is 0.582. The van der Waals surface area contributed by atoms with Crippen molar-refractivity contribution in [2.24, 2.45) is 0 Å². The zero-order valence-electron chi connectivity index (χ0n) is 18.4. The van der Waals surface area contributed by atoms with E-state index in [1.165, 1.54) is 17.0 Å². The molecular weight excluding hydrogens is 414 g/mol. The summed E-state index contributed by atoms with van der Waals surface area (Å²) in [5, 5.41) is 0. The molecular formula is C27H25N3O3. The van der Waals surface area contributed by atoms with Crippen LogP contribution in [0.3, 0.4) is 0 Å². The van der Waals surface area contributed by atoms with Crippen molar-refractivity contribution in [3.05, 3.63) is 119 Å². The van der Waals surface area contributed by atoms with Gasteiger partial charge in [-0.3, -0.25) is 14.2 Å². The Bertz CT molecular complexity index is 1210. The first-order valence-electron chi connectivity index (χ1n) is 10.7. The van der Waals surface area contributed by atoms with Gasteiger partial charge >= 0.3 is 0 Å². The molecule has 0 aliphatic heterocycles. The Kier molecular flexibility index (Phi) is 6.95. The lowest BCUT2D eigenvalue weighted by atomic mass is 10.1. The number of hydrogen-bond acceptors (Lipinski definition) is 4. The van der Waals surface area contributed by atoms with Crippen molar-refractivity contribution in [3.63, 3.8) is 0 Å². The van der Waals surface area contributed by atoms with E-state index in [-0.39, 0.29) is 18.0 Å². The lowest BCUT2D eigenvalue weighted by molar-refractivity contribution is -0.133. The van der Waals surface area contributed by atoms with Gasteiger partial charge in [0.2, 0.25) is 5.91 Å². The summed E-state index contributed by atoms with van der Waals surface area (Å²) in [6.07, 6.45) is 1.43. The van der Waals surface area contributed by atoms with Crippen LogP contribution in [0.5, 0.6) is 5.75 Å². The second kappa shape index (κ2) is 10.4. The molecule has 1 aromatic heterocycles. The minimum absolute atomic E-state index is 0.0750. The molecule has 1 heterocycles. The first-order valence-corrected chi connectivity index (χ1v) is 10.7. The molecule has 0 fully saturated rings. The second-order valence-corrected chi connectivity index (χ2v) is 7.69. The number of ether oxygens (including phenoxy) is 1. The predicted molar refractivity (Wildman–Crippen MR) is 128 cm³/mol. The molecule has 0 aliphatic rings. The van der Waals surface area contributed by atoms with Crippen LogP contribution in [0.25, 0.3) is 11.3 Å². The predicted octanol–water partition coefficient (Wildman–Crippen LogP) is 4.15. The summed E-state index contributed by atoms with van der Waals surface area (Å²) in [7, 11) is 1.60. The van der Waals surface area contributed by atoms with Gasteiger partial charge in [-0.2, -0.15) is 0 Å². The Labute approximate surface area is 192 Å². The van der Waals surface area contributed by atoms with E-state index < -0.39 is 0 Å². The minimum atomic E-state index is -0.274. The maximum atomic E-state index is 13.2. The van der Waals surface area contributed by atoms with E-state index in [9.17, 15) is 9.59 Å². The number of methoxy groups -OCH3 is 1. The van der Waals surface area contributed by atoms with Gasteiger partial charge < -0.3 is 9.64 Å². The zero-order valence-corrected chi connectivity index (χ0v) is 18.4. The average Bonchev–Trinajstić information content (AvgIpc) is 2.86. The molecule has 1 amide bonds. The van der Waals surface area contributed by atoms with Crippen LogP contribution in [0.15, 0.2) is 102 Å². The molecule has 0 saturated carbocycles. The maximum Gasteiger partial charge on any atom is 0.254 e. The number of nitrogens with zero attached hydrogens (tertiary/aromatic N) is 3. The normalized spacial score (nSPS) is 10.6. The van der Waals surface area contributed by atoms with E-state index in [2.05, 4.69) is 4.98 Å². The largest absolute Gasteiger partial charge is 0.497 e. The van der Waals surface area contributed by atoms with Gasteiger partial charge in [0, 0.05) is 24.7 Å². The quantitative estimate of drug-likeness (QED) is 0.414. The topological polar surface area (TPSA) is 64.4 Å². The van der Waals surface area contributed by atoms with Crippen molar-refractivity contribution >= 4 is 5.91 Å². The van der Waals surface area contributed by atoms with Gasteiger partial charge in [0.05, 0.1) is 19.1 Å². The Morgan fingerprint density at radius 3 is 1.97 bits per heavy atom. The molecule has 4 aromatic rings. The van der Waals surface area contributed by atoms with Crippen LogP contribution in [0, 0.1) is 0 Å². The highest BCUT2D eigenvalue weighted by molar-refractivity contribution is 5.76. The highest BCUT2D eigenvalue weighted by Gasteiger charge is 2.16. The van der Waals surface area contributed by atoms with Gasteiger partial charge in [-0.05, 0) is 35.4 Å². The van der Waals surface area contributed by atoms with Gasteiger partial charge in [-0.25, -0.2) is 4.98 Å². The van der Waals surface area contributed by atoms with Gasteiger partial charge in [0.15, 0.2) is 0 Å². The van der Waals surface area contributed by atoms with Crippen LogP contribution in [0.2, 0.25) is 0 Å². The highest BCUT2D eigenvalue weighted by atomic mass is 16.5. The summed E-state index contributed by atoms with van der Waals surface area (Å²) in [6, 6.07) is 28.4. The fourth-order valence-electron chi connectivity index (χ4n) is 3.55. The SMILES string of the molecule is COc1ccc(-c2cc(=O)n(CC(=O)N(Cc3ccccc3)Cc3ccccc3)cn2)cc1. The standard InChI is InChI=1S/C27H25N3O3/c1-33-24-14-12-23(13-15-24)25-16-26(31)30(20-28-25)19-27(32)29(17-21-8-4-2-5-9-21)18-22-10-6-3-7-11-22/h2-16,20H,17-19H2,1H3. The Hall–Kier alpha value is -4.19. The number of benzene rings is 3. The second-order valence-electron chi connectivity index (χ2n) is 7.69. The number of rotatable bonds is 8. The number of hydrogen-bond donors (Lipinski definition) is 0. The van der Waals surface area contributed by atoms with Crippen molar-refractivity contribution in [3.8, 4) is 17.0 Å². The number of aromatic nitrogens is 2. The third-order valence-corrected chi connectivity index (χ3v) is 5.36. The fourth-order valence-corrected chi connectivity index (χ4v) is 3.55. The highest BCUT2D eigenvalue weighted by Crippen LogP contribution is 2.19. The number of carbonyl (C=O) groups excluding carboxylic acids is 1. The first kappa shape index (κ1) is 22.0. The zero-order chi connectivity index (χ0) is 23.0. The molecule has 0 radical (unpaired) electrons. The van der Waals surface area contributed by atoms with Gasteiger partial charge in [0.1, 0.15) is 12.3 Å². The Morgan fingerprint density at radius 2 is 1.45 bits per heavy atom. The van der Waals surface area contributed by atoms with E-state index in [0.29, 0.717) is 18.8 Å². The summed E-state index contributed by atoms with van der Waals surface area (Å²) in [5.41, 5.74) is 3.14. The molecule has 0 unspecified atom stereocenters. The molecule has 0 bridgehead atoms. The summed E-state index contributed by atoms with van der Waals surface area (Å²) < 4.78 is 6.52. The summed E-state index contributed by atoms with van der Waals surface area (Å²) >= 11 is 0. The Balaban J connectivity index is 1.53. The molecule has 0 atom stereocenters. The monoisotopic (exact) mass is 439 g/mol. The smallest absolute Gasteiger partial charge is 0.254 e. The first-order chi connectivity index (χ1) is 16.1. The molecule has 3 aromatic carbocycles. The van der Waals surface area contributed by atoms with Crippen molar-refractivity contribution in [2.45, 2.75) is 19.6 Å². The average molecular weight is 440 g/mol. The molecule has 0 aliphatic carbocycles. The third-order valence-electron chi connectivity index (χ3n) is 5.36. The van der Waals surface area contributed by atoms with Gasteiger partial charge in [-0.1, -0.05) is 60.7 Å². The maximum absolute atomic E-state index is 13.2. The van der Waals surface area contributed by atoms with Crippen LogP contribution < -0.4 is 10.3 Å². The molecule has 6 heteroatoms. The number of amides is 1. The minimum Gasteiger partial charge on any atom is -0.497 e. The van der Waals surface area contributed by atoms with Crippen LogP contribution >= 0.6 is 0 Å². The third kappa shape index (κ3) is 5.74. The lowest BCUT2D eigenvalue weighted by Gasteiger charge is -2.23. The van der Waals surface area contributed by atoms with Crippen molar-refractivity contribution in [1.29, 1.82) is 0 Å². The fraction of sp³-hybridized carbons (Fsp3) is 0.148. The van der Waals surface area contributed by atoms with E-state index in [4.69, 9.17) is 4.74 Å². The molecule has 4 rings (SSSR count).